The lowest BCUT2D eigenvalue weighted by atomic mass is 9.67. The van der Waals surface area contributed by atoms with E-state index in [1.807, 2.05) is 0 Å². The Kier molecular flexibility index (Phi) is 6.76. The van der Waals surface area contributed by atoms with Gasteiger partial charge in [0.15, 0.2) is 0 Å². The molecular formula is C44H37ClN2. The molecule has 0 saturated heterocycles. The quantitative estimate of drug-likeness (QED) is 0.181. The van der Waals surface area contributed by atoms with Gasteiger partial charge in [-0.05, 0) is 127 Å². The first kappa shape index (κ1) is 28.4. The fourth-order valence-corrected chi connectivity index (χ4v) is 9.44. The van der Waals surface area contributed by atoms with Gasteiger partial charge in [-0.25, -0.2) is 0 Å². The van der Waals surface area contributed by atoms with Gasteiger partial charge in [-0.2, -0.15) is 0 Å². The molecule has 47 heavy (non-hydrogen) atoms. The molecule has 9 rings (SSSR count). The molecule has 0 amide bonds. The van der Waals surface area contributed by atoms with Crippen LogP contribution >= 0.6 is 11.6 Å². The van der Waals surface area contributed by atoms with Gasteiger partial charge in [0.2, 0.25) is 0 Å². The van der Waals surface area contributed by atoms with Crippen molar-refractivity contribution in [2.45, 2.75) is 38.0 Å². The number of hydrogen-bond donors (Lipinski definition) is 0. The van der Waals surface area contributed by atoms with E-state index in [1.54, 1.807) is 5.56 Å². The Morgan fingerprint density at radius 2 is 1.15 bits per heavy atom. The highest BCUT2D eigenvalue weighted by Gasteiger charge is 2.56. The summed E-state index contributed by atoms with van der Waals surface area (Å²) >= 11 is 7.62. The lowest BCUT2D eigenvalue weighted by Crippen LogP contribution is -2.32. The second-order valence-electron chi connectivity index (χ2n) is 13.6. The molecule has 6 aromatic rings. The molecule has 0 radical (unpaired) electrons. The van der Waals surface area contributed by atoms with E-state index in [-0.39, 0.29) is 5.41 Å². The largest absolute Gasteiger partial charge is 0.309 e. The van der Waals surface area contributed by atoms with Crippen LogP contribution in [0.15, 0.2) is 146 Å². The molecule has 230 valence electrons. The smallest absolute Gasteiger partial charge is 0.0887 e. The van der Waals surface area contributed by atoms with Crippen molar-refractivity contribution in [1.29, 1.82) is 0 Å². The van der Waals surface area contributed by atoms with Crippen molar-refractivity contribution in [1.82, 2.24) is 0 Å². The molecule has 6 aromatic carbocycles. The second-order valence-corrected chi connectivity index (χ2v) is 14.0. The number of nitrogens with zero attached hydrogens (tertiary/aromatic N) is 2. The molecule has 0 unspecified atom stereocenters. The van der Waals surface area contributed by atoms with E-state index in [2.05, 4.69) is 162 Å². The summed E-state index contributed by atoms with van der Waals surface area (Å²) in [6.45, 7) is 2.16. The predicted molar refractivity (Wildman–Crippen MR) is 197 cm³/mol. The molecule has 0 N–H and O–H groups in total. The van der Waals surface area contributed by atoms with Crippen LogP contribution in [0.4, 0.5) is 34.1 Å². The number of anilines is 6. The van der Waals surface area contributed by atoms with Gasteiger partial charge in [-0.15, -0.1) is 0 Å². The third kappa shape index (κ3) is 4.46. The molecule has 0 heterocycles. The number of fused-ring (bicyclic) bond motifs is 8. The predicted octanol–water partition coefficient (Wildman–Crippen LogP) is 12.7. The summed E-state index contributed by atoms with van der Waals surface area (Å²) in [6.07, 6.45) is 5.31. The third-order valence-electron chi connectivity index (χ3n) is 11.0. The summed E-state index contributed by atoms with van der Waals surface area (Å²) in [7, 11) is 0. The van der Waals surface area contributed by atoms with Crippen LogP contribution in [-0.4, -0.2) is 0 Å². The number of hydrogen-bond acceptors (Lipinski definition) is 2. The molecule has 3 aliphatic carbocycles. The Balaban J connectivity index is 1.24. The molecule has 0 aromatic heterocycles. The molecule has 3 aliphatic rings. The van der Waals surface area contributed by atoms with Crippen molar-refractivity contribution in [3.63, 3.8) is 0 Å². The highest BCUT2D eigenvalue weighted by Crippen LogP contribution is 2.66. The van der Waals surface area contributed by atoms with Crippen LogP contribution in [0, 0.1) is 18.8 Å². The van der Waals surface area contributed by atoms with E-state index in [0.717, 1.165) is 40.0 Å². The Morgan fingerprint density at radius 3 is 1.81 bits per heavy atom. The van der Waals surface area contributed by atoms with Crippen LogP contribution in [-0.2, 0) is 5.41 Å². The number of para-hydroxylation sites is 2. The van der Waals surface area contributed by atoms with E-state index in [9.17, 15) is 0 Å². The minimum atomic E-state index is 0.103. The molecule has 0 aliphatic heterocycles. The van der Waals surface area contributed by atoms with Crippen molar-refractivity contribution >= 4 is 45.7 Å². The number of aryl methyl sites for hydroxylation is 1. The van der Waals surface area contributed by atoms with Gasteiger partial charge in [0.25, 0.3) is 0 Å². The zero-order valence-corrected chi connectivity index (χ0v) is 27.4. The van der Waals surface area contributed by atoms with Crippen molar-refractivity contribution < 1.29 is 0 Å². The lowest BCUT2D eigenvalue weighted by Gasteiger charge is -2.37. The topological polar surface area (TPSA) is 6.48 Å². The maximum Gasteiger partial charge on any atom is 0.0887 e. The second kappa shape index (κ2) is 11.2. The van der Waals surface area contributed by atoms with Crippen LogP contribution < -0.4 is 9.80 Å². The summed E-state index contributed by atoms with van der Waals surface area (Å²) in [5, 5.41) is 0.708. The van der Waals surface area contributed by atoms with Crippen molar-refractivity contribution in [3.8, 4) is 11.1 Å². The molecular weight excluding hydrogens is 592 g/mol. The van der Waals surface area contributed by atoms with E-state index >= 15 is 0 Å². The minimum Gasteiger partial charge on any atom is -0.309 e. The van der Waals surface area contributed by atoms with Crippen molar-refractivity contribution in [3.05, 3.63) is 167 Å². The summed E-state index contributed by atoms with van der Waals surface area (Å²) in [6, 6.07) is 52.6. The van der Waals surface area contributed by atoms with Crippen LogP contribution in [0.25, 0.3) is 11.1 Å². The van der Waals surface area contributed by atoms with Crippen molar-refractivity contribution in [2.24, 2.45) is 11.8 Å². The first-order chi connectivity index (χ1) is 23.1. The maximum atomic E-state index is 7.62. The van der Waals surface area contributed by atoms with Gasteiger partial charge in [-0.1, -0.05) is 103 Å². The van der Waals surface area contributed by atoms with E-state index in [4.69, 9.17) is 11.6 Å². The summed E-state index contributed by atoms with van der Waals surface area (Å²) in [4.78, 5) is 4.63. The molecule has 2 fully saturated rings. The number of halogens is 1. The molecule has 3 atom stereocenters. The fourth-order valence-electron chi connectivity index (χ4n) is 9.15. The Labute approximate surface area is 282 Å². The van der Waals surface area contributed by atoms with Crippen LogP contribution in [0.1, 0.15) is 42.4 Å². The van der Waals surface area contributed by atoms with Gasteiger partial charge in [0.05, 0.1) is 16.4 Å². The highest BCUT2D eigenvalue weighted by atomic mass is 35.5. The minimum absolute atomic E-state index is 0.103. The summed E-state index contributed by atoms with van der Waals surface area (Å²) in [5.41, 5.74) is 13.5. The van der Waals surface area contributed by atoms with Crippen LogP contribution in [0.5, 0.6) is 0 Å². The van der Waals surface area contributed by atoms with Gasteiger partial charge in [0, 0.05) is 28.2 Å². The maximum absolute atomic E-state index is 7.62. The van der Waals surface area contributed by atoms with Crippen LogP contribution in [0.2, 0.25) is 5.02 Å². The summed E-state index contributed by atoms with van der Waals surface area (Å²) in [5.74, 6) is 1.53. The third-order valence-corrected chi connectivity index (χ3v) is 11.4. The SMILES string of the molecule is Cc1cccc(N(c2ccc3c(c2)[C@@]2(C[C@H]4CC[C@@H]2C4)c2ccccc2-3)c2cccc(N(c3ccccc3)c3ccccc3)c2Cl)c1. The van der Waals surface area contributed by atoms with E-state index in [0.29, 0.717) is 10.9 Å². The lowest BCUT2D eigenvalue weighted by molar-refractivity contribution is 0.327. The Hall–Kier alpha value is -4.79. The summed E-state index contributed by atoms with van der Waals surface area (Å²) < 4.78 is 0. The number of benzene rings is 6. The monoisotopic (exact) mass is 628 g/mol. The van der Waals surface area contributed by atoms with Gasteiger partial charge >= 0.3 is 0 Å². The first-order valence-electron chi connectivity index (χ1n) is 16.9. The zero-order valence-electron chi connectivity index (χ0n) is 26.6. The molecule has 3 heteroatoms. The van der Waals surface area contributed by atoms with Crippen LogP contribution in [0.3, 0.4) is 0 Å². The molecule has 2 bridgehead atoms. The van der Waals surface area contributed by atoms with E-state index < -0.39 is 0 Å². The Morgan fingerprint density at radius 1 is 0.553 bits per heavy atom. The average molecular weight is 629 g/mol. The normalized spacial score (nSPS) is 20.3. The highest BCUT2D eigenvalue weighted by molar-refractivity contribution is 6.36. The Bertz CT molecular complexity index is 2070. The molecule has 2 saturated carbocycles. The standard InChI is InChI=1S/C44H37ClN2/c1-30-12-10-17-35(26-30)47(42-21-11-20-41(43(42)45)46(33-13-4-2-5-14-33)34-15-6-3-7-16-34)36-24-25-38-37-18-8-9-19-39(37)44(40(38)28-36)29-31-22-23-32(44)27-31/h2-21,24-26,28,31-32H,22-23,27,29H2,1H3/t31-,32+,44+/m0/s1. The van der Waals surface area contributed by atoms with E-state index in [1.165, 1.54) is 47.9 Å². The first-order valence-corrected chi connectivity index (χ1v) is 17.3. The van der Waals surface area contributed by atoms with Gasteiger partial charge in [-0.3, -0.25) is 0 Å². The van der Waals surface area contributed by atoms with Gasteiger partial charge in [0.1, 0.15) is 0 Å². The zero-order chi connectivity index (χ0) is 31.5. The fraction of sp³-hybridized carbons (Fsp3) is 0.182. The molecule has 2 nitrogen and oxygen atoms in total. The van der Waals surface area contributed by atoms with Gasteiger partial charge < -0.3 is 9.80 Å². The van der Waals surface area contributed by atoms with Crippen molar-refractivity contribution in [2.75, 3.05) is 9.80 Å². The average Bonchev–Trinajstić information content (AvgIpc) is 3.81. The number of rotatable bonds is 6. The molecule has 1 spiro atoms.